The molecule has 0 unspecified atom stereocenters. The molecule has 0 saturated heterocycles. The number of hydrogen-bond acceptors (Lipinski definition) is 5. The van der Waals surface area contributed by atoms with Crippen LogP contribution in [0.5, 0.6) is 23.0 Å². The molecule has 2 aromatic rings. The third kappa shape index (κ3) is 4.50. The van der Waals surface area contributed by atoms with Gasteiger partial charge in [0.2, 0.25) is 0 Å². The lowest BCUT2D eigenvalue weighted by Crippen LogP contribution is -2.30. The van der Waals surface area contributed by atoms with E-state index in [1.807, 2.05) is 36.4 Å². The number of rotatable bonds is 7. The van der Waals surface area contributed by atoms with Gasteiger partial charge in [-0.3, -0.25) is 4.99 Å². The summed E-state index contributed by atoms with van der Waals surface area (Å²) in [6, 6.07) is 11.3. The molecule has 0 aliphatic rings. The van der Waals surface area contributed by atoms with Crippen molar-refractivity contribution in [2.75, 3.05) is 40.8 Å². The minimum absolute atomic E-state index is 0.521. The van der Waals surface area contributed by atoms with Crippen LogP contribution in [0.4, 0.5) is 5.69 Å². The Morgan fingerprint density at radius 3 is 2.23 bits per heavy atom. The number of para-hydroxylation sites is 1. The maximum atomic E-state index is 5.45. The summed E-state index contributed by atoms with van der Waals surface area (Å²) in [5, 5.41) is 6.48. The van der Waals surface area contributed by atoms with E-state index in [4.69, 9.17) is 18.9 Å². The van der Waals surface area contributed by atoms with Gasteiger partial charge >= 0.3 is 0 Å². The van der Waals surface area contributed by atoms with Crippen LogP contribution >= 0.6 is 0 Å². The third-order valence-corrected chi connectivity index (χ3v) is 3.80. The van der Waals surface area contributed by atoms with Crippen LogP contribution in [-0.4, -0.2) is 41.4 Å². The zero-order valence-electron chi connectivity index (χ0n) is 15.8. The summed E-state index contributed by atoms with van der Waals surface area (Å²) in [6.07, 6.45) is 0. The van der Waals surface area contributed by atoms with Gasteiger partial charge in [-0.05, 0) is 18.2 Å². The topological polar surface area (TPSA) is 73.3 Å². The quantitative estimate of drug-likeness (QED) is 0.585. The van der Waals surface area contributed by atoms with E-state index in [0.29, 0.717) is 35.5 Å². The summed E-state index contributed by atoms with van der Waals surface area (Å²) >= 11 is 0. The highest BCUT2D eigenvalue weighted by Crippen LogP contribution is 2.31. The lowest BCUT2D eigenvalue weighted by atomic mass is 10.2. The molecule has 0 fully saturated rings. The van der Waals surface area contributed by atoms with Crippen molar-refractivity contribution in [2.24, 2.45) is 4.99 Å². The van der Waals surface area contributed by atoms with Crippen LogP contribution in [0.25, 0.3) is 0 Å². The van der Waals surface area contributed by atoms with Crippen LogP contribution in [0, 0.1) is 0 Å². The predicted molar refractivity (Wildman–Crippen MR) is 103 cm³/mol. The summed E-state index contributed by atoms with van der Waals surface area (Å²) < 4.78 is 21.4. The molecule has 0 aliphatic heterocycles. The summed E-state index contributed by atoms with van der Waals surface area (Å²) in [5.74, 6) is 3.31. The summed E-state index contributed by atoms with van der Waals surface area (Å²) in [6.45, 7) is 0.521. The molecule has 0 amide bonds. The van der Waals surface area contributed by atoms with Crippen LogP contribution < -0.4 is 29.6 Å². The zero-order valence-corrected chi connectivity index (χ0v) is 15.8. The Labute approximate surface area is 153 Å². The van der Waals surface area contributed by atoms with Crippen LogP contribution in [0.2, 0.25) is 0 Å². The highest BCUT2D eigenvalue weighted by atomic mass is 16.5. The first-order valence-corrected chi connectivity index (χ1v) is 8.06. The average Bonchev–Trinajstić information content (AvgIpc) is 2.70. The molecule has 0 atom stereocenters. The Bertz CT molecular complexity index is 762. The van der Waals surface area contributed by atoms with Crippen molar-refractivity contribution in [3.05, 3.63) is 42.0 Å². The first kappa shape index (κ1) is 19.2. The fraction of sp³-hybridized carbons (Fsp3) is 0.316. The number of ether oxygens (including phenoxy) is 4. The van der Waals surface area contributed by atoms with Crippen molar-refractivity contribution < 1.29 is 18.9 Å². The van der Waals surface area contributed by atoms with Gasteiger partial charge in [-0.2, -0.15) is 0 Å². The molecule has 2 aromatic carbocycles. The molecule has 0 aliphatic carbocycles. The maximum absolute atomic E-state index is 5.45. The predicted octanol–water partition coefficient (Wildman–Crippen LogP) is 2.91. The van der Waals surface area contributed by atoms with Gasteiger partial charge in [-0.15, -0.1) is 0 Å². The SMILES string of the molecule is CN=C(NCc1cccc(OC)c1OC)Nc1ccc(OC)c(OC)c1. The van der Waals surface area contributed by atoms with E-state index in [-0.39, 0.29) is 0 Å². The number of methoxy groups -OCH3 is 4. The molecule has 140 valence electrons. The molecule has 0 radical (unpaired) electrons. The summed E-state index contributed by atoms with van der Waals surface area (Å²) in [5.41, 5.74) is 1.79. The second kappa shape index (κ2) is 9.41. The van der Waals surface area contributed by atoms with Crippen molar-refractivity contribution in [3.63, 3.8) is 0 Å². The molecular formula is C19H25N3O4. The van der Waals surface area contributed by atoms with E-state index >= 15 is 0 Å². The Kier molecular flexibility index (Phi) is 6.96. The molecule has 0 saturated carbocycles. The number of aliphatic imine (C=N–C) groups is 1. The number of benzene rings is 2. The molecular weight excluding hydrogens is 334 g/mol. The lowest BCUT2D eigenvalue weighted by molar-refractivity contribution is 0.351. The standard InChI is InChI=1S/C19H25N3O4/c1-20-19(22-14-9-10-15(23-2)17(11-14)25-4)21-12-13-7-6-8-16(24-3)18(13)26-5/h6-11H,12H2,1-5H3,(H2,20,21,22). The number of anilines is 1. The van der Waals surface area contributed by atoms with Crippen molar-refractivity contribution in [1.29, 1.82) is 0 Å². The molecule has 0 aromatic heterocycles. The first-order valence-electron chi connectivity index (χ1n) is 8.06. The van der Waals surface area contributed by atoms with Gasteiger partial charge in [-0.1, -0.05) is 12.1 Å². The Balaban J connectivity index is 2.10. The molecule has 0 heterocycles. The van der Waals surface area contributed by atoms with Crippen molar-refractivity contribution in [3.8, 4) is 23.0 Å². The normalized spacial score (nSPS) is 10.9. The van der Waals surface area contributed by atoms with Crippen LogP contribution in [-0.2, 0) is 6.54 Å². The Morgan fingerprint density at radius 2 is 1.62 bits per heavy atom. The Morgan fingerprint density at radius 1 is 0.885 bits per heavy atom. The van der Waals surface area contributed by atoms with E-state index in [1.54, 1.807) is 35.5 Å². The second-order valence-corrected chi connectivity index (χ2v) is 5.27. The monoisotopic (exact) mass is 359 g/mol. The lowest BCUT2D eigenvalue weighted by Gasteiger charge is -2.16. The second-order valence-electron chi connectivity index (χ2n) is 5.27. The minimum Gasteiger partial charge on any atom is -0.493 e. The molecule has 2 N–H and O–H groups in total. The van der Waals surface area contributed by atoms with Gasteiger partial charge in [-0.25, -0.2) is 0 Å². The van der Waals surface area contributed by atoms with E-state index < -0.39 is 0 Å². The molecule has 7 nitrogen and oxygen atoms in total. The maximum Gasteiger partial charge on any atom is 0.195 e. The highest BCUT2D eigenvalue weighted by Gasteiger charge is 2.10. The third-order valence-electron chi connectivity index (χ3n) is 3.80. The van der Waals surface area contributed by atoms with Crippen molar-refractivity contribution in [1.82, 2.24) is 5.32 Å². The minimum atomic E-state index is 0.521. The largest absolute Gasteiger partial charge is 0.493 e. The van der Waals surface area contributed by atoms with E-state index in [0.717, 1.165) is 11.3 Å². The summed E-state index contributed by atoms with van der Waals surface area (Å²) in [4.78, 5) is 4.24. The van der Waals surface area contributed by atoms with Gasteiger partial charge in [0.1, 0.15) is 0 Å². The average molecular weight is 359 g/mol. The number of nitrogens with one attached hydrogen (secondary N) is 2. The Hall–Kier alpha value is -3.09. The fourth-order valence-electron chi connectivity index (χ4n) is 2.50. The molecule has 0 bridgehead atoms. The van der Waals surface area contributed by atoms with E-state index in [1.165, 1.54) is 0 Å². The van der Waals surface area contributed by atoms with Crippen LogP contribution in [0.1, 0.15) is 5.56 Å². The molecule has 2 rings (SSSR count). The zero-order chi connectivity index (χ0) is 18.9. The first-order chi connectivity index (χ1) is 12.7. The van der Waals surface area contributed by atoms with Crippen molar-refractivity contribution >= 4 is 11.6 Å². The van der Waals surface area contributed by atoms with Crippen LogP contribution in [0.15, 0.2) is 41.4 Å². The van der Waals surface area contributed by atoms with E-state index in [9.17, 15) is 0 Å². The van der Waals surface area contributed by atoms with Gasteiger partial charge in [0.05, 0.1) is 28.4 Å². The van der Waals surface area contributed by atoms with Gasteiger partial charge < -0.3 is 29.6 Å². The van der Waals surface area contributed by atoms with Gasteiger partial charge in [0.25, 0.3) is 0 Å². The number of nitrogens with zero attached hydrogens (tertiary/aromatic N) is 1. The van der Waals surface area contributed by atoms with E-state index in [2.05, 4.69) is 15.6 Å². The molecule has 7 heteroatoms. The van der Waals surface area contributed by atoms with Gasteiger partial charge in [0, 0.05) is 30.9 Å². The van der Waals surface area contributed by atoms with Crippen LogP contribution in [0.3, 0.4) is 0 Å². The number of hydrogen-bond donors (Lipinski definition) is 2. The van der Waals surface area contributed by atoms with Gasteiger partial charge in [0.15, 0.2) is 29.0 Å². The molecule has 0 spiro atoms. The van der Waals surface area contributed by atoms with Crippen molar-refractivity contribution in [2.45, 2.75) is 6.54 Å². The highest BCUT2D eigenvalue weighted by molar-refractivity contribution is 5.93. The summed E-state index contributed by atoms with van der Waals surface area (Å²) in [7, 11) is 8.15. The fourth-order valence-corrected chi connectivity index (χ4v) is 2.50. The number of guanidine groups is 1. The molecule has 26 heavy (non-hydrogen) atoms. The smallest absolute Gasteiger partial charge is 0.195 e.